The van der Waals surface area contributed by atoms with Crippen molar-refractivity contribution < 1.29 is 19.1 Å². The summed E-state index contributed by atoms with van der Waals surface area (Å²) in [5, 5.41) is 10.0. The minimum atomic E-state index is -2.12. The van der Waals surface area contributed by atoms with E-state index in [0.717, 1.165) is 6.42 Å². The second-order valence-electron chi connectivity index (χ2n) is 8.70. The average Bonchev–Trinajstić information content (AvgIpc) is 2.68. The maximum Gasteiger partial charge on any atom is 0.412 e. The SMILES string of the molecule is CC(C)(C)OC(=O)N1CCCC1(CO)O[Si](C)(C)C(C)(C)C. The molecule has 1 aliphatic heterocycles. The van der Waals surface area contributed by atoms with Gasteiger partial charge in [-0.25, -0.2) is 4.79 Å². The maximum absolute atomic E-state index is 12.5. The van der Waals surface area contributed by atoms with Crippen LogP contribution in [-0.2, 0) is 9.16 Å². The largest absolute Gasteiger partial charge is 0.444 e. The number of carbonyl (C=O) groups is 1. The second kappa shape index (κ2) is 6.13. The molecular weight excluding hydrogens is 298 g/mol. The minimum Gasteiger partial charge on any atom is -0.444 e. The number of rotatable bonds is 3. The van der Waals surface area contributed by atoms with E-state index in [4.69, 9.17) is 9.16 Å². The predicted octanol–water partition coefficient (Wildman–Crippen LogP) is 3.73. The normalized spacial score (nSPS) is 23.8. The van der Waals surface area contributed by atoms with Gasteiger partial charge in [0.1, 0.15) is 5.60 Å². The summed E-state index contributed by atoms with van der Waals surface area (Å²) in [6, 6.07) is 0. The number of hydrogen-bond donors (Lipinski definition) is 1. The van der Waals surface area contributed by atoms with E-state index in [-0.39, 0.29) is 11.6 Å². The highest BCUT2D eigenvalue weighted by atomic mass is 28.4. The Labute approximate surface area is 136 Å². The molecule has 1 saturated heterocycles. The van der Waals surface area contributed by atoms with E-state index in [2.05, 4.69) is 33.9 Å². The highest BCUT2D eigenvalue weighted by molar-refractivity contribution is 6.74. The number of amides is 1. The molecule has 5 nitrogen and oxygen atoms in total. The van der Waals surface area contributed by atoms with Crippen molar-refractivity contribution in [2.24, 2.45) is 0 Å². The average molecular weight is 332 g/mol. The van der Waals surface area contributed by atoms with E-state index in [1.807, 2.05) is 20.8 Å². The molecular formula is C16H33NO4Si. The highest BCUT2D eigenvalue weighted by Crippen LogP contribution is 2.43. The Balaban J connectivity index is 3.02. The molecule has 0 saturated carbocycles. The molecule has 1 aliphatic rings. The zero-order chi connectivity index (χ0) is 17.4. The first-order valence-corrected chi connectivity index (χ1v) is 11.0. The van der Waals surface area contributed by atoms with Crippen LogP contribution in [0.25, 0.3) is 0 Å². The van der Waals surface area contributed by atoms with Gasteiger partial charge in [-0.2, -0.15) is 0 Å². The lowest BCUT2D eigenvalue weighted by Crippen LogP contribution is -2.59. The van der Waals surface area contributed by atoms with E-state index in [1.54, 1.807) is 4.90 Å². The van der Waals surface area contributed by atoms with Gasteiger partial charge in [-0.1, -0.05) is 20.8 Å². The Kier molecular flexibility index (Phi) is 5.42. The molecule has 0 aromatic heterocycles. The molecule has 1 rings (SSSR count). The van der Waals surface area contributed by atoms with Gasteiger partial charge < -0.3 is 14.3 Å². The zero-order valence-electron chi connectivity index (χ0n) is 15.4. The van der Waals surface area contributed by atoms with Crippen molar-refractivity contribution in [1.82, 2.24) is 4.90 Å². The summed E-state index contributed by atoms with van der Waals surface area (Å²) in [4.78, 5) is 14.1. The standard InChI is InChI=1S/C16H33NO4Si/c1-14(2,3)20-13(19)17-11-9-10-16(17,12-18)21-22(7,8)15(4,5)6/h18H,9-12H2,1-8H3. The second-order valence-corrected chi connectivity index (χ2v) is 13.4. The number of carbonyl (C=O) groups excluding carboxylic acids is 1. The highest BCUT2D eigenvalue weighted by Gasteiger charge is 2.52. The third-order valence-electron chi connectivity index (χ3n) is 4.55. The molecule has 0 bridgehead atoms. The van der Waals surface area contributed by atoms with Crippen molar-refractivity contribution in [2.45, 2.75) is 83.8 Å². The summed E-state index contributed by atoms with van der Waals surface area (Å²) < 4.78 is 12.0. The third-order valence-corrected chi connectivity index (χ3v) is 9.06. The Hall–Kier alpha value is -0.593. The fourth-order valence-electron chi connectivity index (χ4n) is 2.36. The molecule has 1 fully saturated rings. The van der Waals surface area contributed by atoms with E-state index in [0.29, 0.717) is 13.0 Å². The minimum absolute atomic E-state index is 0.0113. The van der Waals surface area contributed by atoms with Gasteiger partial charge in [-0.15, -0.1) is 0 Å². The molecule has 1 amide bonds. The predicted molar refractivity (Wildman–Crippen MR) is 90.3 cm³/mol. The Morgan fingerprint density at radius 3 is 2.18 bits per heavy atom. The van der Waals surface area contributed by atoms with Crippen LogP contribution in [0.4, 0.5) is 4.79 Å². The van der Waals surface area contributed by atoms with Crippen LogP contribution in [0, 0.1) is 0 Å². The van der Waals surface area contributed by atoms with E-state index >= 15 is 0 Å². The fourth-order valence-corrected chi connectivity index (χ4v) is 3.89. The lowest BCUT2D eigenvalue weighted by molar-refractivity contribution is -0.101. The van der Waals surface area contributed by atoms with Crippen LogP contribution in [0.15, 0.2) is 0 Å². The smallest absolute Gasteiger partial charge is 0.412 e. The van der Waals surface area contributed by atoms with Crippen LogP contribution >= 0.6 is 0 Å². The molecule has 6 heteroatoms. The van der Waals surface area contributed by atoms with Gasteiger partial charge >= 0.3 is 6.09 Å². The molecule has 0 aromatic rings. The van der Waals surface area contributed by atoms with Gasteiger partial charge in [0.2, 0.25) is 0 Å². The van der Waals surface area contributed by atoms with Crippen LogP contribution in [-0.4, -0.2) is 48.9 Å². The Morgan fingerprint density at radius 1 is 1.23 bits per heavy atom. The summed E-state index contributed by atoms with van der Waals surface area (Å²) >= 11 is 0. The lowest BCUT2D eigenvalue weighted by atomic mass is 10.2. The summed E-state index contributed by atoms with van der Waals surface area (Å²) in [6.45, 7) is 16.6. The van der Waals surface area contributed by atoms with Crippen molar-refractivity contribution in [3.8, 4) is 0 Å². The van der Waals surface area contributed by atoms with Crippen molar-refractivity contribution in [2.75, 3.05) is 13.2 Å². The molecule has 1 atom stereocenters. The van der Waals surface area contributed by atoms with Gasteiger partial charge in [0.05, 0.1) is 6.61 Å². The topological polar surface area (TPSA) is 59.0 Å². The number of likely N-dealkylation sites (tertiary alicyclic amines) is 1. The van der Waals surface area contributed by atoms with Crippen LogP contribution in [0.3, 0.4) is 0 Å². The third kappa shape index (κ3) is 4.23. The van der Waals surface area contributed by atoms with E-state index < -0.39 is 25.7 Å². The number of aliphatic hydroxyl groups excluding tert-OH is 1. The molecule has 0 aromatic carbocycles. The van der Waals surface area contributed by atoms with Crippen molar-refractivity contribution in [3.63, 3.8) is 0 Å². The fraction of sp³-hybridized carbons (Fsp3) is 0.938. The summed E-state index contributed by atoms with van der Waals surface area (Å²) in [5.41, 5.74) is -1.50. The summed E-state index contributed by atoms with van der Waals surface area (Å²) in [7, 11) is -2.12. The number of nitrogens with zero attached hydrogens (tertiary/aromatic N) is 1. The molecule has 1 heterocycles. The van der Waals surface area contributed by atoms with Gasteiger partial charge in [0.15, 0.2) is 14.0 Å². The maximum atomic E-state index is 12.5. The monoisotopic (exact) mass is 331 g/mol. The first kappa shape index (κ1) is 19.5. The van der Waals surface area contributed by atoms with E-state index in [9.17, 15) is 9.90 Å². The molecule has 0 radical (unpaired) electrons. The molecule has 1 unspecified atom stereocenters. The first-order valence-electron chi connectivity index (χ1n) is 8.06. The molecule has 130 valence electrons. The van der Waals surface area contributed by atoms with Crippen molar-refractivity contribution >= 4 is 14.4 Å². The van der Waals surface area contributed by atoms with Crippen LogP contribution < -0.4 is 0 Å². The van der Waals surface area contributed by atoms with Gasteiger partial charge in [0.25, 0.3) is 0 Å². The van der Waals surface area contributed by atoms with E-state index in [1.165, 1.54) is 0 Å². The van der Waals surface area contributed by atoms with Gasteiger partial charge in [-0.3, -0.25) is 4.90 Å². The molecule has 0 aliphatic carbocycles. The van der Waals surface area contributed by atoms with Crippen molar-refractivity contribution in [3.05, 3.63) is 0 Å². The van der Waals surface area contributed by atoms with Crippen LogP contribution in [0.2, 0.25) is 18.1 Å². The van der Waals surface area contributed by atoms with Gasteiger partial charge in [0, 0.05) is 6.54 Å². The van der Waals surface area contributed by atoms with Gasteiger partial charge in [-0.05, 0) is 51.7 Å². The molecule has 1 N–H and O–H groups in total. The van der Waals surface area contributed by atoms with Crippen LogP contribution in [0.1, 0.15) is 54.4 Å². The Bertz CT molecular complexity index is 411. The lowest BCUT2D eigenvalue weighted by Gasteiger charge is -2.46. The zero-order valence-corrected chi connectivity index (χ0v) is 16.4. The number of hydrogen-bond acceptors (Lipinski definition) is 4. The molecule has 0 spiro atoms. The summed E-state index contributed by atoms with van der Waals surface area (Å²) in [5.74, 6) is 0. The number of aliphatic hydroxyl groups is 1. The quantitative estimate of drug-likeness (QED) is 0.801. The molecule has 22 heavy (non-hydrogen) atoms. The first-order chi connectivity index (χ1) is 9.74. The number of ether oxygens (including phenoxy) is 1. The Morgan fingerprint density at radius 2 is 1.77 bits per heavy atom. The van der Waals surface area contributed by atoms with Crippen LogP contribution in [0.5, 0.6) is 0 Å². The van der Waals surface area contributed by atoms with Crippen molar-refractivity contribution in [1.29, 1.82) is 0 Å². The summed E-state index contributed by atoms with van der Waals surface area (Å²) in [6.07, 6.45) is 1.06.